The average molecular weight is 274 g/mol. The Kier molecular flexibility index (Phi) is 3.38. The zero-order valence-corrected chi connectivity index (χ0v) is 11.6. The summed E-state index contributed by atoms with van der Waals surface area (Å²) >= 11 is 6.01. The highest BCUT2D eigenvalue weighted by Gasteiger charge is 2.21. The van der Waals surface area contributed by atoms with E-state index in [9.17, 15) is 0 Å². The van der Waals surface area contributed by atoms with Crippen molar-refractivity contribution >= 4 is 17.4 Å². The van der Waals surface area contributed by atoms with Gasteiger partial charge in [-0.1, -0.05) is 42.8 Å². The molecule has 1 aromatic carbocycles. The first-order valence-electron chi connectivity index (χ1n) is 6.61. The van der Waals surface area contributed by atoms with Gasteiger partial charge in [0.15, 0.2) is 0 Å². The Hall–Kier alpha value is -1.61. The van der Waals surface area contributed by atoms with Gasteiger partial charge in [0.05, 0.1) is 0 Å². The summed E-state index contributed by atoms with van der Waals surface area (Å²) in [7, 11) is 0. The minimum atomic E-state index is 0.396. The Balaban J connectivity index is 1.75. The molecular weight excluding hydrogens is 258 g/mol. The highest BCUT2D eigenvalue weighted by Crippen LogP contribution is 2.24. The molecule has 1 aliphatic rings. The number of halogens is 1. The first-order valence-corrected chi connectivity index (χ1v) is 6.99. The van der Waals surface area contributed by atoms with Crippen molar-refractivity contribution in [3.05, 3.63) is 52.4 Å². The molecule has 4 heteroatoms. The van der Waals surface area contributed by atoms with Crippen LogP contribution in [0.3, 0.4) is 0 Å². The van der Waals surface area contributed by atoms with E-state index in [2.05, 4.69) is 39.6 Å². The summed E-state index contributed by atoms with van der Waals surface area (Å²) in [6.45, 7) is 2.03. The van der Waals surface area contributed by atoms with Gasteiger partial charge in [0.25, 0.3) is 0 Å². The monoisotopic (exact) mass is 273 g/mol. The Morgan fingerprint density at radius 2 is 1.89 bits per heavy atom. The van der Waals surface area contributed by atoms with E-state index in [1.807, 2.05) is 6.92 Å². The lowest BCUT2D eigenvalue weighted by atomic mass is 10.1. The van der Waals surface area contributed by atoms with Crippen LogP contribution in [-0.4, -0.2) is 16.0 Å². The molecule has 19 heavy (non-hydrogen) atoms. The van der Waals surface area contributed by atoms with E-state index in [0.717, 1.165) is 30.9 Å². The maximum absolute atomic E-state index is 6.01. The molecule has 0 spiro atoms. The quantitative estimate of drug-likeness (QED) is 0.872. The molecule has 1 heterocycles. The van der Waals surface area contributed by atoms with Crippen LogP contribution in [0, 0.1) is 0 Å². The third-order valence-electron chi connectivity index (χ3n) is 3.46. The predicted molar refractivity (Wildman–Crippen MR) is 77.7 cm³/mol. The van der Waals surface area contributed by atoms with Crippen LogP contribution in [0.5, 0.6) is 0 Å². The van der Waals surface area contributed by atoms with E-state index in [1.165, 1.54) is 11.1 Å². The lowest BCUT2D eigenvalue weighted by Crippen LogP contribution is -2.20. The molecule has 1 N–H and O–H groups in total. The van der Waals surface area contributed by atoms with Gasteiger partial charge in [0, 0.05) is 18.5 Å². The SMILES string of the molecule is CCc1nc(Cl)cc(NC2Cc3ccccc3C2)n1. The van der Waals surface area contributed by atoms with Gasteiger partial charge in [0.1, 0.15) is 16.8 Å². The summed E-state index contributed by atoms with van der Waals surface area (Å²) in [5.41, 5.74) is 2.85. The number of benzene rings is 1. The predicted octanol–water partition coefficient (Wildman–Crippen LogP) is 3.27. The van der Waals surface area contributed by atoms with Gasteiger partial charge in [-0.05, 0) is 24.0 Å². The number of fused-ring (bicyclic) bond motifs is 1. The van der Waals surface area contributed by atoms with Gasteiger partial charge in [-0.15, -0.1) is 0 Å². The normalized spacial score (nSPS) is 14.4. The second-order valence-electron chi connectivity index (χ2n) is 4.86. The topological polar surface area (TPSA) is 37.8 Å². The molecule has 0 bridgehead atoms. The van der Waals surface area contributed by atoms with Crippen molar-refractivity contribution in [2.45, 2.75) is 32.2 Å². The number of nitrogens with zero attached hydrogens (tertiary/aromatic N) is 2. The molecular formula is C15H16ClN3. The summed E-state index contributed by atoms with van der Waals surface area (Å²) in [5.74, 6) is 1.61. The van der Waals surface area contributed by atoms with Crippen LogP contribution in [0.15, 0.2) is 30.3 Å². The molecule has 98 valence electrons. The van der Waals surface area contributed by atoms with E-state index in [4.69, 9.17) is 11.6 Å². The minimum absolute atomic E-state index is 0.396. The number of anilines is 1. The van der Waals surface area contributed by atoms with Crippen LogP contribution in [0.25, 0.3) is 0 Å². The summed E-state index contributed by atoms with van der Waals surface area (Å²) in [6.07, 6.45) is 2.87. The molecule has 0 saturated heterocycles. The molecule has 3 nitrogen and oxygen atoms in total. The van der Waals surface area contributed by atoms with Crippen molar-refractivity contribution in [2.75, 3.05) is 5.32 Å². The van der Waals surface area contributed by atoms with E-state index < -0.39 is 0 Å². The summed E-state index contributed by atoms with van der Waals surface area (Å²) < 4.78 is 0. The summed E-state index contributed by atoms with van der Waals surface area (Å²) in [5, 5.41) is 3.97. The third kappa shape index (κ3) is 2.71. The number of hydrogen-bond acceptors (Lipinski definition) is 3. The van der Waals surface area contributed by atoms with Crippen LogP contribution in [0.2, 0.25) is 5.15 Å². The number of nitrogens with one attached hydrogen (secondary N) is 1. The smallest absolute Gasteiger partial charge is 0.134 e. The van der Waals surface area contributed by atoms with E-state index in [0.29, 0.717) is 11.2 Å². The molecule has 1 aromatic heterocycles. The van der Waals surface area contributed by atoms with E-state index in [1.54, 1.807) is 6.07 Å². The van der Waals surface area contributed by atoms with Crippen molar-refractivity contribution in [3.8, 4) is 0 Å². The Bertz CT molecular complexity index is 573. The molecule has 0 saturated carbocycles. The van der Waals surface area contributed by atoms with Gasteiger partial charge in [-0.3, -0.25) is 0 Å². The number of rotatable bonds is 3. The average Bonchev–Trinajstić information content (AvgIpc) is 2.80. The molecule has 0 unspecified atom stereocenters. The molecule has 0 aliphatic heterocycles. The van der Waals surface area contributed by atoms with Crippen LogP contribution in [-0.2, 0) is 19.3 Å². The van der Waals surface area contributed by atoms with Gasteiger partial charge in [-0.25, -0.2) is 9.97 Å². The summed E-state index contributed by atoms with van der Waals surface area (Å²) in [6, 6.07) is 10.8. The van der Waals surface area contributed by atoms with Gasteiger partial charge in [-0.2, -0.15) is 0 Å². The second-order valence-corrected chi connectivity index (χ2v) is 5.25. The lowest BCUT2D eigenvalue weighted by molar-refractivity contribution is 0.764. The third-order valence-corrected chi connectivity index (χ3v) is 3.65. The molecule has 2 aromatic rings. The largest absolute Gasteiger partial charge is 0.367 e. The Labute approximate surface area is 118 Å². The molecule has 0 fully saturated rings. The molecule has 0 radical (unpaired) electrons. The van der Waals surface area contributed by atoms with Crippen molar-refractivity contribution in [3.63, 3.8) is 0 Å². The first kappa shape index (κ1) is 12.4. The fraction of sp³-hybridized carbons (Fsp3) is 0.333. The Morgan fingerprint density at radius 3 is 2.53 bits per heavy atom. The summed E-state index contributed by atoms with van der Waals surface area (Å²) in [4.78, 5) is 8.65. The number of aryl methyl sites for hydroxylation is 1. The zero-order chi connectivity index (χ0) is 13.2. The maximum atomic E-state index is 6.01. The van der Waals surface area contributed by atoms with Crippen LogP contribution in [0.4, 0.5) is 5.82 Å². The van der Waals surface area contributed by atoms with Crippen LogP contribution in [0.1, 0.15) is 23.9 Å². The van der Waals surface area contributed by atoms with Crippen molar-refractivity contribution in [1.82, 2.24) is 9.97 Å². The van der Waals surface area contributed by atoms with Gasteiger partial charge < -0.3 is 5.32 Å². The number of aromatic nitrogens is 2. The maximum Gasteiger partial charge on any atom is 0.134 e. The van der Waals surface area contributed by atoms with Crippen molar-refractivity contribution < 1.29 is 0 Å². The fourth-order valence-electron chi connectivity index (χ4n) is 2.57. The molecule has 0 amide bonds. The first-order chi connectivity index (χ1) is 9.24. The van der Waals surface area contributed by atoms with Crippen LogP contribution < -0.4 is 5.32 Å². The van der Waals surface area contributed by atoms with Crippen molar-refractivity contribution in [2.24, 2.45) is 0 Å². The van der Waals surface area contributed by atoms with Crippen molar-refractivity contribution in [1.29, 1.82) is 0 Å². The molecule has 3 rings (SSSR count). The standard InChI is InChI=1S/C15H16ClN3/c1-2-14-18-13(16)9-15(19-14)17-12-7-10-5-3-4-6-11(10)8-12/h3-6,9,12H,2,7-8H2,1H3,(H,17,18,19). The van der Waals surface area contributed by atoms with Crippen LogP contribution >= 0.6 is 11.6 Å². The van der Waals surface area contributed by atoms with Gasteiger partial charge >= 0.3 is 0 Å². The van der Waals surface area contributed by atoms with E-state index in [-0.39, 0.29) is 0 Å². The lowest BCUT2D eigenvalue weighted by Gasteiger charge is -2.13. The Morgan fingerprint density at radius 1 is 1.21 bits per heavy atom. The zero-order valence-electron chi connectivity index (χ0n) is 10.9. The molecule has 0 atom stereocenters. The van der Waals surface area contributed by atoms with E-state index >= 15 is 0 Å². The minimum Gasteiger partial charge on any atom is -0.367 e. The highest BCUT2D eigenvalue weighted by molar-refractivity contribution is 6.29. The highest BCUT2D eigenvalue weighted by atomic mass is 35.5. The van der Waals surface area contributed by atoms with Gasteiger partial charge in [0.2, 0.25) is 0 Å². The number of hydrogen-bond donors (Lipinski definition) is 1. The second kappa shape index (κ2) is 5.17. The molecule has 1 aliphatic carbocycles. The fourth-order valence-corrected chi connectivity index (χ4v) is 2.77.